The number of hydrogen-bond donors (Lipinski definition) is 2. The van der Waals surface area contributed by atoms with Gasteiger partial charge in [-0.3, -0.25) is 0 Å². The Morgan fingerprint density at radius 3 is 1.91 bits per heavy atom. The number of hydrogen-bond acceptors (Lipinski definition) is 4. The first kappa shape index (κ1) is 30.4. The van der Waals surface area contributed by atoms with Gasteiger partial charge in [0.05, 0.1) is 6.61 Å². The maximum absolute atomic E-state index is 10.7. The third-order valence-electron chi connectivity index (χ3n) is 5.00. The number of esters is 1. The van der Waals surface area contributed by atoms with Gasteiger partial charge >= 0.3 is 11.9 Å². The minimum Gasteiger partial charge on any atom is -0.507 e. The highest BCUT2D eigenvalue weighted by atomic mass is 16.5. The number of carboxylic acids is 1. The zero-order valence-corrected chi connectivity index (χ0v) is 21.8. The predicted octanol–water partition coefficient (Wildman–Crippen LogP) is 7.02. The average Bonchev–Trinajstić information content (AvgIpc) is 2.67. The van der Waals surface area contributed by atoms with E-state index < -0.39 is 5.97 Å². The first-order chi connectivity index (χ1) is 15.1. The largest absolute Gasteiger partial charge is 0.507 e. The fourth-order valence-corrected chi connectivity index (χ4v) is 3.13. The maximum Gasteiger partial charge on any atom is 0.330 e. The summed E-state index contributed by atoms with van der Waals surface area (Å²) in [7, 11) is 0. The molecule has 0 fully saturated rings. The summed E-state index contributed by atoms with van der Waals surface area (Å²) in [5, 5.41) is 19.3. The molecule has 0 heterocycles. The summed E-state index contributed by atoms with van der Waals surface area (Å²) in [5.74, 6) is -0.218. The highest BCUT2D eigenvalue weighted by molar-refractivity contribution is 5.85. The van der Waals surface area contributed by atoms with Gasteiger partial charge in [-0.2, -0.15) is 0 Å². The molecule has 0 unspecified atom stereocenters. The van der Waals surface area contributed by atoms with Crippen LogP contribution in [0.25, 0.3) is 6.08 Å². The number of carbonyl (C=O) groups excluding carboxylic acids is 1. The number of phenolic OH excluding ortho intramolecular Hbond substituents is 1. The third-order valence-corrected chi connectivity index (χ3v) is 5.00. The van der Waals surface area contributed by atoms with E-state index in [2.05, 4.69) is 20.4 Å². The van der Waals surface area contributed by atoms with Crippen molar-refractivity contribution in [2.75, 3.05) is 6.61 Å². The standard InChI is InChI=1S/C17H24O3.C11H20O2/c1-16(2,3)12-9-11(7-8-14(18)19)10-13(15(12)20)17(4,5)6;1-4-11(12)13-9-7-5-6-8-10(2)3/h7-10,20H,1-6H3,(H,18,19);4,10H,1,5-9H2,2-3H3. The molecule has 0 spiro atoms. The lowest BCUT2D eigenvalue weighted by Gasteiger charge is -2.27. The molecule has 0 aromatic heterocycles. The van der Waals surface area contributed by atoms with Gasteiger partial charge in [-0.25, -0.2) is 9.59 Å². The summed E-state index contributed by atoms with van der Waals surface area (Å²) < 4.78 is 4.84. The monoisotopic (exact) mass is 460 g/mol. The first-order valence-electron chi connectivity index (χ1n) is 11.7. The highest BCUT2D eigenvalue weighted by Gasteiger charge is 2.26. The predicted molar refractivity (Wildman–Crippen MR) is 137 cm³/mol. The van der Waals surface area contributed by atoms with E-state index in [9.17, 15) is 14.7 Å². The van der Waals surface area contributed by atoms with E-state index in [0.717, 1.165) is 41.5 Å². The molecule has 0 aliphatic carbocycles. The van der Waals surface area contributed by atoms with Gasteiger partial charge < -0.3 is 14.9 Å². The van der Waals surface area contributed by atoms with Gasteiger partial charge in [0.15, 0.2) is 0 Å². The Morgan fingerprint density at radius 1 is 1.00 bits per heavy atom. The molecule has 0 saturated heterocycles. The highest BCUT2D eigenvalue weighted by Crippen LogP contribution is 2.39. The normalized spacial score (nSPS) is 11.8. The molecule has 0 saturated carbocycles. The number of aromatic hydroxyl groups is 1. The Morgan fingerprint density at radius 2 is 1.52 bits per heavy atom. The van der Waals surface area contributed by atoms with Crippen LogP contribution in [0.15, 0.2) is 30.9 Å². The van der Waals surface area contributed by atoms with E-state index in [-0.39, 0.29) is 16.8 Å². The second-order valence-corrected chi connectivity index (χ2v) is 10.8. The van der Waals surface area contributed by atoms with Crippen molar-refractivity contribution in [3.8, 4) is 5.75 Å². The fourth-order valence-electron chi connectivity index (χ4n) is 3.13. The molecule has 0 bridgehead atoms. The lowest BCUT2D eigenvalue weighted by Crippen LogP contribution is -2.17. The van der Waals surface area contributed by atoms with Crippen LogP contribution in [0.1, 0.15) is 97.8 Å². The third kappa shape index (κ3) is 12.9. The number of ether oxygens (including phenoxy) is 1. The van der Waals surface area contributed by atoms with Crippen molar-refractivity contribution in [2.45, 2.75) is 91.9 Å². The van der Waals surface area contributed by atoms with E-state index in [1.54, 1.807) is 6.08 Å². The Labute approximate surface area is 200 Å². The van der Waals surface area contributed by atoms with E-state index in [1.165, 1.54) is 18.9 Å². The van der Waals surface area contributed by atoms with Gasteiger partial charge in [0, 0.05) is 23.3 Å². The number of carboxylic acid groups (broad SMARTS) is 1. The molecule has 0 radical (unpaired) electrons. The van der Waals surface area contributed by atoms with Crippen LogP contribution >= 0.6 is 0 Å². The summed E-state index contributed by atoms with van der Waals surface area (Å²) in [4.78, 5) is 21.3. The number of carbonyl (C=O) groups is 2. The van der Waals surface area contributed by atoms with Crippen LogP contribution in [0.5, 0.6) is 5.75 Å². The number of aliphatic carboxylic acids is 1. The zero-order valence-electron chi connectivity index (χ0n) is 21.8. The van der Waals surface area contributed by atoms with Crippen LogP contribution in [0.3, 0.4) is 0 Å². The first-order valence-corrected chi connectivity index (χ1v) is 11.7. The second kappa shape index (κ2) is 13.9. The smallest absolute Gasteiger partial charge is 0.330 e. The van der Waals surface area contributed by atoms with Crippen LogP contribution in [-0.2, 0) is 25.2 Å². The van der Waals surface area contributed by atoms with E-state index in [4.69, 9.17) is 9.84 Å². The van der Waals surface area contributed by atoms with E-state index in [1.807, 2.05) is 53.7 Å². The van der Waals surface area contributed by atoms with Gasteiger partial charge in [-0.05, 0) is 46.9 Å². The van der Waals surface area contributed by atoms with Crippen molar-refractivity contribution in [1.82, 2.24) is 0 Å². The van der Waals surface area contributed by atoms with Crippen LogP contribution in [0, 0.1) is 5.92 Å². The van der Waals surface area contributed by atoms with Gasteiger partial charge in [0.25, 0.3) is 0 Å². The molecule has 33 heavy (non-hydrogen) atoms. The molecule has 0 aliphatic heterocycles. The molecule has 1 aromatic rings. The SMILES string of the molecule is C=CC(=O)OCCCCCC(C)C.CC(C)(C)c1cc(C=CC(=O)O)cc(C(C)(C)C)c1O. The zero-order chi connectivity index (χ0) is 25.8. The van der Waals surface area contributed by atoms with E-state index >= 15 is 0 Å². The Kier molecular flexibility index (Phi) is 12.8. The summed E-state index contributed by atoms with van der Waals surface area (Å²) >= 11 is 0. The van der Waals surface area contributed by atoms with Crippen molar-refractivity contribution in [1.29, 1.82) is 0 Å². The molecule has 1 aromatic carbocycles. The number of phenols is 1. The van der Waals surface area contributed by atoms with Crippen molar-refractivity contribution < 1.29 is 24.5 Å². The summed E-state index contributed by atoms with van der Waals surface area (Å²) in [5.41, 5.74) is 2.03. The Hall–Kier alpha value is -2.56. The van der Waals surface area contributed by atoms with Crippen LogP contribution < -0.4 is 0 Å². The Balaban J connectivity index is 0.000000684. The summed E-state index contributed by atoms with van der Waals surface area (Å²) in [6.07, 6.45) is 8.47. The van der Waals surface area contributed by atoms with Crippen molar-refractivity contribution in [3.05, 3.63) is 47.6 Å². The van der Waals surface area contributed by atoms with Gasteiger partial charge in [-0.15, -0.1) is 0 Å². The molecule has 0 amide bonds. The lowest BCUT2D eigenvalue weighted by atomic mass is 9.78. The summed E-state index contributed by atoms with van der Waals surface area (Å²) in [6.45, 7) is 20.5. The Bertz CT molecular complexity index is 770. The van der Waals surface area contributed by atoms with Gasteiger partial charge in [-0.1, -0.05) is 81.2 Å². The molecule has 2 N–H and O–H groups in total. The van der Waals surface area contributed by atoms with Crippen molar-refractivity contribution in [3.63, 3.8) is 0 Å². The molecule has 5 heteroatoms. The topological polar surface area (TPSA) is 83.8 Å². The van der Waals surface area contributed by atoms with E-state index in [0.29, 0.717) is 12.4 Å². The minimum atomic E-state index is -0.979. The molecule has 186 valence electrons. The molecule has 1 rings (SSSR count). The van der Waals surface area contributed by atoms with Crippen LogP contribution in [-0.4, -0.2) is 28.8 Å². The number of unbranched alkanes of at least 4 members (excludes halogenated alkanes) is 2. The van der Waals surface area contributed by atoms with Crippen LogP contribution in [0.2, 0.25) is 0 Å². The van der Waals surface area contributed by atoms with Gasteiger partial charge in [0.1, 0.15) is 5.75 Å². The molecular weight excluding hydrogens is 416 g/mol. The van der Waals surface area contributed by atoms with Crippen molar-refractivity contribution in [2.24, 2.45) is 5.92 Å². The molecule has 0 atom stereocenters. The van der Waals surface area contributed by atoms with Crippen molar-refractivity contribution >= 4 is 18.0 Å². The number of benzene rings is 1. The quantitative estimate of drug-likeness (QED) is 0.235. The second-order valence-electron chi connectivity index (χ2n) is 10.8. The average molecular weight is 461 g/mol. The fraction of sp³-hybridized carbons (Fsp3) is 0.571. The number of rotatable bonds is 9. The maximum atomic E-state index is 10.7. The summed E-state index contributed by atoms with van der Waals surface area (Å²) in [6, 6.07) is 3.70. The molecular formula is C28H44O5. The molecule has 0 aliphatic rings. The van der Waals surface area contributed by atoms with Gasteiger partial charge in [0.2, 0.25) is 0 Å². The lowest BCUT2D eigenvalue weighted by molar-refractivity contribution is -0.138. The molecule has 5 nitrogen and oxygen atoms in total. The van der Waals surface area contributed by atoms with Crippen LogP contribution in [0.4, 0.5) is 0 Å². The minimum absolute atomic E-state index is 0.211.